The third kappa shape index (κ3) is 6.98. The Labute approximate surface area is 157 Å². The maximum absolute atomic E-state index is 11.8. The van der Waals surface area contributed by atoms with E-state index in [1.54, 1.807) is 13.3 Å². The van der Waals surface area contributed by atoms with Gasteiger partial charge in [0.25, 0.3) is 0 Å². The van der Waals surface area contributed by atoms with E-state index in [1.165, 1.54) is 11.8 Å². The van der Waals surface area contributed by atoms with Crippen LogP contribution in [-0.4, -0.2) is 36.6 Å². The summed E-state index contributed by atoms with van der Waals surface area (Å²) in [4.78, 5) is 23.5. The molecule has 0 saturated carbocycles. The predicted molar refractivity (Wildman–Crippen MR) is 106 cm³/mol. The fourth-order valence-electron chi connectivity index (χ4n) is 1.97. The number of benzene rings is 2. The summed E-state index contributed by atoms with van der Waals surface area (Å²) in [5.41, 5.74) is 5.15. The normalized spacial score (nSPS) is 10.5. The molecule has 0 aromatic heterocycles. The van der Waals surface area contributed by atoms with Gasteiger partial charge in [0.1, 0.15) is 5.75 Å². The lowest BCUT2D eigenvalue weighted by atomic mass is 10.2. The summed E-state index contributed by atoms with van der Waals surface area (Å²) in [6.45, 7) is 1.98. The Morgan fingerprint density at radius 2 is 1.69 bits per heavy atom. The predicted octanol–water partition coefficient (Wildman–Crippen LogP) is 2.83. The fourth-order valence-corrected chi connectivity index (χ4v) is 2.58. The van der Waals surface area contributed by atoms with Crippen LogP contribution in [-0.2, 0) is 9.59 Å². The minimum atomic E-state index is -0.261. The molecular weight excluding hydrogens is 350 g/mol. The lowest BCUT2D eigenvalue weighted by Gasteiger charge is -2.05. The number of hydrazone groups is 1. The zero-order valence-corrected chi connectivity index (χ0v) is 15.5. The highest BCUT2D eigenvalue weighted by Crippen LogP contribution is 2.10. The van der Waals surface area contributed by atoms with Crippen molar-refractivity contribution in [1.29, 1.82) is 0 Å². The van der Waals surface area contributed by atoms with Gasteiger partial charge in [-0.25, -0.2) is 5.43 Å². The second-order valence-corrected chi connectivity index (χ2v) is 6.46. The van der Waals surface area contributed by atoms with Crippen LogP contribution < -0.4 is 15.5 Å². The lowest BCUT2D eigenvalue weighted by molar-refractivity contribution is -0.118. The van der Waals surface area contributed by atoms with Crippen LogP contribution in [0.2, 0.25) is 0 Å². The number of aryl methyl sites for hydroxylation is 1. The van der Waals surface area contributed by atoms with Gasteiger partial charge in [-0.15, -0.1) is 11.8 Å². The van der Waals surface area contributed by atoms with Crippen molar-refractivity contribution in [2.45, 2.75) is 6.92 Å². The highest BCUT2D eigenvalue weighted by molar-refractivity contribution is 8.00. The van der Waals surface area contributed by atoms with E-state index in [2.05, 4.69) is 15.8 Å². The van der Waals surface area contributed by atoms with Crippen LogP contribution in [0.5, 0.6) is 5.75 Å². The molecule has 2 N–H and O–H groups in total. The minimum Gasteiger partial charge on any atom is -0.497 e. The van der Waals surface area contributed by atoms with E-state index >= 15 is 0 Å². The topological polar surface area (TPSA) is 79.8 Å². The lowest BCUT2D eigenvalue weighted by Crippen LogP contribution is -2.21. The number of nitrogens with zero attached hydrogens (tertiary/aromatic N) is 1. The molecule has 7 heteroatoms. The first-order valence-corrected chi connectivity index (χ1v) is 9.12. The van der Waals surface area contributed by atoms with Crippen LogP contribution in [0.3, 0.4) is 0 Å². The van der Waals surface area contributed by atoms with Gasteiger partial charge in [-0.3, -0.25) is 9.59 Å². The van der Waals surface area contributed by atoms with Gasteiger partial charge in [0, 0.05) is 5.69 Å². The van der Waals surface area contributed by atoms with E-state index in [4.69, 9.17) is 4.74 Å². The van der Waals surface area contributed by atoms with E-state index in [-0.39, 0.29) is 23.3 Å². The summed E-state index contributed by atoms with van der Waals surface area (Å²) in [6, 6.07) is 14.8. The zero-order chi connectivity index (χ0) is 18.8. The third-order valence-corrected chi connectivity index (χ3v) is 4.25. The number of ether oxygens (including phenoxy) is 1. The van der Waals surface area contributed by atoms with Gasteiger partial charge in [-0.05, 0) is 48.9 Å². The van der Waals surface area contributed by atoms with Gasteiger partial charge in [0.2, 0.25) is 11.8 Å². The zero-order valence-electron chi connectivity index (χ0n) is 14.7. The van der Waals surface area contributed by atoms with Crippen molar-refractivity contribution >= 4 is 35.5 Å². The number of carbonyl (C=O) groups is 2. The number of nitrogens with one attached hydrogen (secondary N) is 2. The standard InChI is InChI=1S/C19H21N3O3S/c1-14-3-7-16(8-4-14)21-18(23)12-26-13-19(24)22-20-11-15-5-9-17(25-2)10-6-15/h3-11H,12-13H2,1-2H3,(H,21,23)(H,22,24)/b20-11-. The van der Waals surface area contributed by atoms with Gasteiger partial charge in [0.15, 0.2) is 0 Å². The van der Waals surface area contributed by atoms with E-state index in [0.717, 1.165) is 22.6 Å². The molecule has 2 aromatic carbocycles. The van der Waals surface area contributed by atoms with Gasteiger partial charge in [0.05, 0.1) is 24.8 Å². The summed E-state index contributed by atoms with van der Waals surface area (Å²) in [7, 11) is 1.60. The van der Waals surface area contributed by atoms with Crippen LogP contribution in [0.15, 0.2) is 53.6 Å². The average Bonchev–Trinajstić information content (AvgIpc) is 2.64. The van der Waals surface area contributed by atoms with Crippen molar-refractivity contribution in [3.63, 3.8) is 0 Å². The highest BCUT2D eigenvalue weighted by Gasteiger charge is 2.05. The van der Waals surface area contributed by atoms with Gasteiger partial charge >= 0.3 is 0 Å². The van der Waals surface area contributed by atoms with Crippen molar-refractivity contribution in [1.82, 2.24) is 5.43 Å². The molecule has 2 amide bonds. The van der Waals surface area contributed by atoms with Gasteiger partial charge in [-0.1, -0.05) is 17.7 Å². The highest BCUT2D eigenvalue weighted by atomic mass is 32.2. The maximum atomic E-state index is 11.8. The molecule has 0 radical (unpaired) electrons. The second-order valence-electron chi connectivity index (χ2n) is 5.47. The molecule has 0 atom stereocenters. The summed E-state index contributed by atoms with van der Waals surface area (Å²) in [5, 5.41) is 6.68. The van der Waals surface area contributed by atoms with Crippen LogP contribution in [0.25, 0.3) is 0 Å². The van der Waals surface area contributed by atoms with Crippen LogP contribution in [0.1, 0.15) is 11.1 Å². The number of rotatable bonds is 8. The maximum Gasteiger partial charge on any atom is 0.250 e. The molecule has 0 bridgehead atoms. The smallest absolute Gasteiger partial charge is 0.250 e. The third-order valence-electron chi connectivity index (χ3n) is 3.32. The Morgan fingerprint density at radius 1 is 1.04 bits per heavy atom. The largest absolute Gasteiger partial charge is 0.497 e. The van der Waals surface area contributed by atoms with Crippen molar-refractivity contribution in [2.24, 2.45) is 5.10 Å². The molecule has 0 aliphatic rings. The van der Waals surface area contributed by atoms with Crippen LogP contribution in [0, 0.1) is 6.92 Å². The summed E-state index contributed by atoms with van der Waals surface area (Å²) in [5.74, 6) is 0.702. The summed E-state index contributed by atoms with van der Waals surface area (Å²) < 4.78 is 5.07. The molecule has 0 aliphatic heterocycles. The SMILES string of the molecule is COc1ccc(/C=N\NC(=O)CSCC(=O)Nc2ccc(C)cc2)cc1. The molecule has 26 heavy (non-hydrogen) atoms. The van der Waals surface area contributed by atoms with Gasteiger partial charge < -0.3 is 10.1 Å². The minimum absolute atomic E-state index is 0.145. The molecule has 6 nitrogen and oxygen atoms in total. The number of carbonyl (C=O) groups excluding carboxylic acids is 2. The fraction of sp³-hybridized carbons (Fsp3) is 0.211. The number of anilines is 1. The second kappa shape index (κ2) is 10.2. The number of thioether (sulfide) groups is 1. The van der Waals surface area contributed by atoms with E-state index in [1.807, 2.05) is 55.5 Å². The number of hydrogen-bond donors (Lipinski definition) is 2. The Kier molecular flexibility index (Phi) is 7.70. The summed E-state index contributed by atoms with van der Waals surface area (Å²) in [6.07, 6.45) is 1.55. The molecule has 0 unspecified atom stereocenters. The van der Waals surface area contributed by atoms with Crippen molar-refractivity contribution < 1.29 is 14.3 Å². The molecule has 136 valence electrons. The van der Waals surface area contributed by atoms with Crippen molar-refractivity contribution in [3.05, 3.63) is 59.7 Å². The van der Waals surface area contributed by atoms with Crippen molar-refractivity contribution in [2.75, 3.05) is 23.9 Å². The van der Waals surface area contributed by atoms with Crippen molar-refractivity contribution in [3.8, 4) is 5.75 Å². The first kappa shape index (κ1) is 19.5. The molecule has 2 rings (SSSR count). The number of methoxy groups -OCH3 is 1. The molecule has 0 heterocycles. The molecule has 0 fully saturated rings. The molecule has 0 saturated heterocycles. The average molecular weight is 371 g/mol. The van der Waals surface area contributed by atoms with E-state index in [9.17, 15) is 9.59 Å². The molecule has 2 aromatic rings. The van der Waals surface area contributed by atoms with Crippen LogP contribution >= 0.6 is 11.8 Å². The first-order valence-electron chi connectivity index (χ1n) is 7.97. The number of amides is 2. The monoisotopic (exact) mass is 371 g/mol. The Morgan fingerprint density at radius 3 is 2.35 bits per heavy atom. The quantitative estimate of drug-likeness (QED) is 0.552. The Balaban J connectivity index is 1.65. The molecular formula is C19H21N3O3S. The van der Waals surface area contributed by atoms with E-state index in [0.29, 0.717) is 0 Å². The van der Waals surface area contributed by atoms with E-state index < -0.39 is 0 Å². The van der Waals surface area contributed by atoms with Gasteiger partial charge in [-0.2, -0.15) is 5.10 Å². The van der Waals surface area contributed by atoms with Crippen LogP contribution in [0.4, 0.5) is 5.69 Å². The summed E-state index contributed by atoms with van der Waals surface area (Å²) >= 11 is 1.23. The first-order chi connectivity index (χ1) is 12.6. The Hall–Kier alpha value is -2.80. The Bertz CT molecular complexity index is 759. The number of hydrogen-bond acceptors (Lipinski definition) is 5. The molecule has 0 spiro atoms. The molecule has 0 aliphatic carbocycles.